The SMILES string of the molecule is COCC(N)=O.[H-].[Li+]. The topological polar surface area (TPSA) is 52.3 Å². The summed E-state index contributed by atoms with van der Waals surface area (Å²) in [5.41, 5.74) is 4.64. The molecule has 0 aromatic rings. The van der Waals surface area contributed by atoms with Crippen molar-refractivity contribution in [3.05, 3.63) is 0 Å². The smallest absolute Gasteiger partial charge is 1.00 e. The Hall–Kier alpha value is 0.0274. The Balaban J connectivity index is -0.000000125. The Bertz CT molecular complexity index is 61.2. The fourth-order valence-corrected chi connectivity index (χ4v) is 0.142. The van der Waals surface area contributed by atoms with Crippen molar-refractivity contribution in [3.8, 4) is 0 Å². The molecule has 0 aliphatic carbocycles. The van der Waals surface area contributed by atoms with Gasteiger partial charge in [-0.15, -0.1) is 0 Å². The normalized spacial score (nSPS) is 7.00. The van der Waals surface area contributed by atoms with E-state index in [9.17, 15) is 4.79 Å². The molecule has 0 spiro atoms. The van der Waals surface area contributed by atoms with Gasteiger partial charge in [0.25, 0.3) is 0 Å². The molecule has 1 amide bonds. The van der Waals surface area contributed by atoms with E-state index in [1.54, 1.807) is 0 Å². The van der Waals surface area contributed by atoms with Crippen LogP contribution in [-0.2, 0) is 9.53 Å². The molecule has 0 aromatic carbocycles. The molecule has 38 valence electrons. The first-order valence-corrected chi connectivity index (χ1v) is 1.54. The van der Waals surface area contributed by atoms with Gasteiger partial charge < -0.3 is 11.9 Å². The van der Waals surface area contributed by atoms with Crippen molar-refractivity contribution in [1.29, 1.82) is 0 Å². The molecule has 3 nitrogen and oxygen atoms in total. The quantitative estimate of drug-likeness (QED) is 0.360. The van der Waals surface area contributed by atoms with Gasteiger partial charge in [0.2, 0.25) is 5.91 Å². The number of primary amides is 1. The summed E-state index contributed by atoms with van der Waals surface area (Å²) in [6.07, 6.45) is 0. The zero-order valence-electron chi connectivity index (χ0n) is 5.60. The third-order valence-corrected chi connectivity index (χ3v) is 0.287. The Morgan fingerprint density at radius 1 is 2.00 bits per heavy atom. The van der Waals surface area contributed by atoms with Gasteiger partial charge >= 0.3 is 18.9 Å². The number of carbonyl (C=O) groups is 1. The molecular formula is C3H8LiNO2. The molecule has 0 aliphatic rings. The summed E-state index contributed by atoms with van der Waals surface area (Å²) in [5, 5.41) is 0. The molecule has 2 N–H and O–H groups in total. The number of ether oxygens (including phenoxy) is 1. The van der Waals surface area contributed by atoms with Crippen LogP contribution in [0.1, 0.15) is 1.43 Å². The number of rotatable bonds is 2. The molecule has 0 rings (SSSR count). The molecular weight excluding hydrogens is 89.0 g/mol. The van der Waals surface area contributed by atoms with Crippen LogP contribution >= 0.6 is 0 Å². The first-order valence-electron chi connectivity index (χ1n) is 1.54. The van der Waals surface area contributed by atoms with Crippen molar-refractivity contribution < 1.29 is 29.8 Å². The molecule has 0 saturated heterocycles. The maximum atomic E-state index is 9.70. The van der Waals surface area contributed by atoms with Gasteiger partial charge in [-0.25, -0.2) is 0 Å². The molecule has 0 fully saturated rings. The Morgan fingerprint density at radius 2 is 2.43 bits per heavy atom. The van der Waals surface area contributed by atoms with Crippen LogP contribution in [0.25, 0.3) is 0 Å². The van der Waals surface area contributed by atoms with Crippen molar-refractivity contribution in [3.63, 3.8) is 0 Å². The van der Waals surface area contributed by atoms with E-state index in [-0.39, 0.29) is 26.9 Å². The number of hydrogen-bond donors (Lipinski definition) is 1. The van der Waals surface area contributed by atoms with E-state index in [0.29, 0.717) is 0 Å². The number of methoxy groups -OCH3 is 1. The van der Waals surface area contributed by atoms with E-state index < -0.39 is 5.91 Å². The monoisotopic (exact) mass is 97.1 g/mol. The summed E-state index contributed by atoms with van der Waals surface area (Å²) in [6, 6.07) is 0. The van der Waals surface area contributed by atoms with E-state index in [0.717, 1.165) is 0 Å². The van der Waals surface area contributed by atoms with Gasteiger partial charge in [-0.2, -0.15) is 0 Å². The maximum absolute atomic E-state index is 9.70. The minimum absolute atomic E-state index is 0. The summed E-state index contributed by atoms with van der Waals surface area (Å²) < 4.78 is 4.33. The van der Waals surface area contributed by atoms with E-state index in [1.165, 1.54) is 7.11 Å². The van der Waals surface area contributed by atoms with E-state index in [1.807, 2.05) is 0 Å². The molecule has 0 aromatic heterocycles. The van der Waals surface area contributed by atoms with E-state index in [4.69, 9.17) is 0 Å². The molecule has 0 unspecified atom stereocenters. The molecule has 0 radical (unpaired) electrons. The van der Waals surface area contributed by atoms with Crippen molar-refractivity contribution in [2.24, 2.45) is 5.73 Å². The average molecular weight is 97.0 g/mol. The van der Waals surface area contributed by atoms with E-state index in [2.05, 4.69) is 10.5 Å². The molecule has 0 saturated carbocycles. The predicted octanol–water partition coefficient (Wildman–Crippen LogP) is -3.77. The van der Waals surface area contributed by atoms with Crippen molar-refractivity contribution in [2.75, 3.05) is 13.7 Å². The zero-order valence-corrected chi connectivity index (χ0v) is 4.60. The van der Waals surface area contributed by atoms with Gasteiger partial charge in [-0.05, 0) is 0 Å². The zero-order chi connectivity index (χ0) is 4.99. The van der Waals surface area contributed by atoms with Gasteiger partial charge in [0.1, 0.15) is 6.61 Å². The standard InChI is InChI=1S/C3H7NO2.Li.H/c1-6-2-3(4)5;;/h2H2,1H3,(H2,4,5);;/q;+1;-1. The van der Waals surface area contributed by atoms with Crippen LogP contribution in [0.3, 0.4) is 0 Å². The van der Waals surface area contributed by atoms with Crippen LogP contribution in [0.2, 0.25) is 0 Å². The van der Waals surface area contributed by atoms with Crippen LogP contribution < -0.4 is 24.6 Å². The third-order valence-electron chi connectivity index (χ3n) is 0.287. The Labute approximate surface area is 55.9 Å². The predicted molar refractivity (Wildman–Crippen MR) is 22.2 cm³/mol. The minimum atomic E-state index is -0.433. The third kappa shape index (κ3) is 10.7. The number of amides is 1. The molecule has 0 bridgehead atoms. The molecule has 0 aliphatic heterocycles. The summed E-state index contributed by atoms with van der Waals surface area (Å²) in [5.74, 6) is -0.433. The van der Waals surface area contributed by atoms with Gasteiger partial charge in [0.15, 0.2) is 0 Å². The van der Waals surface area contributed by atoms with Crippen LogP contribution in [-0.4, -0.2) is 19.6 Å². The number of nitrogens with two attached hydrogens (primary N) is 1. The molecule has 0 atom stereocenters. The second-order valence-corrected chi connectivity index (χ2v) is 0.899. The molecule has 0 heterocycles. The first-order chi connectivity index (χ1) is 2.77. The second kappa shape index (κ2) is 6.03. The van der Waals surface area contributed by atoms with Crippen LogP contribution in [0.15, 0.2) is 0 Å². The minimum Gasteiger partial charge on any atom is -1.00 e. The summed E-state index contributed by atoms with van der Waals surface area (Å²) >= 11 is 0. The van der Waals surface area contributed by atoms with Gasteiger partial charge in [-0.1, -0.05) is 0 Å². The maximum Gasteiger partial charge on any atom is 1.00 e. The van der Waals surface area contributed by atoms with Crippen LogP contribution in [0.4, 0.5) is 0 Å². The summed E-state index contributed by atoms with van der Waals surface area (Å²) in [6.45, 7) is 0.0139. The summed E-state index contributed by atoms with van der Waals surface area (Å²) in [4.78, 5) is 9.70. The van der Waals surface area contributed by atoms with Crippen LogP contribution in [0.5, 0.6) is 0 Å². The first kappa shape index (κ1) is 10.1. The fourth-order valence-electron chi connectivity index (χ4n) is 0.142. The Morgan fingerprint density at radius 3 is 2.43 bits per heavy atom. The Kier molecular flexibility index (Phi) is 8.70. The van der Waals surface area contributed by atoms with Crippen LogP contribution in [0, 0.1) is 0 Å². The molecule has 7 heavy (non-hydrogen) atoms. The van der Waals surface area contributed by atoms with Crippen molar-refractivity contribution in [2.45, 2.75) is 0 Å². The van der Waals surface area contributed by atoms with Crippen molar-refractivity contribution >= 4 is 5.91 Å². The van der Waals surface area contributed by atoms with Gasteiger partial charge in [0.05, 0.1) is 0 Å². The van der Waals surface area contributed by atoms with Gasteiger partial charge in [-0.3, -0.25) is 4.79 Å². The van der Waals surface area contributed by atoms with E-state index >= 15 is 0 Å². The number of carbonyl (C=O) groups excluding carboxylic acids is 1. The molecule has 4 heteroatoms. The van der Waals surface area contributed by atoms with Crippen molar-refractivity contribution in [1.82, 2.24) is 0 Å². The largest absolute Gasteiger partial charge is 1.00 e. The average Bonchev–Trinajstić information content (AvgIpc) is 1.35. The second-order valence-electron chi connectivity index (χ2n) is 0.899. The fraction of sp³-hybridized carbons (Fsp3) is 0.667. The summed E-state index contributed by atoms with van der Waals surface area (Å²) in [7, 11) is 1.42. The number of hydrogen-bond acceptors (Lipinski definition) is 2. The van der Waals surface area contributed by atoms with Gasteiger partial charge in [0, 0.05) is 7.11 Å².